The summed E-state index contributed by atoms with van der Waals surface area (Å²) in [5.74, 6) is 2.05. The molecule has 0 N–H and O–H groups in total. The first-order chi connectivity index (χ1) is 13.1. The number of benzene rings is 2. The number of pyridine rings is 1. The fourth-order valence-electron chi connectivity index (χ4n) is 3.72. The zero-order valence-corrected chi connectivity index (χ0v) is 15.6. The van der Waals surface area contributed by atoms with E-state index in [1.165, 1.54) is 5.56 Å². The van der Waals surface area contributed by atoms with Crippen LogP contribution in [0.2, 0.25) is 0 Å². The van der Waals surface area contributed by atoms with Crippen LogP contribution in [0.5, 0.6) is 0 Å². The second-order valence-electron chi connectivity index (χ2n) is 6.86. The minimum atomic E-state index is 0.919. The number of nitrogens with zero attached hydrogens (tertiary/aromatic N) is 5. The molecule has 132 valence electrons. The van der Waals surface area contributed by atoms with Crippen LogP contribution >= 0.6 is 0 Å². The predicted octanol–water partition coefficient (Wildman–Crippen LogP) is 3.78. The summed E-state index contributed by atoms with van der Waals surface area (Å²) in [5.41, 5.74) is 6.70. The van der Waals surface area contributed by atoms with Crippen LogP contribution < -0.4 is 4.68 Å². The summed E-state index contributed by atoms with van der Waals surface area (Å²) in [5, 5.41) is 0. The van der Waals surface area contributed by atoms with E-state index in [-0.39, 0.29) is 0 Å². The van der Waals surface area contributed by atoms with Crippen molar-refractivity contribution in [3.63, 3.8) is 0 Å². The highest BCUT2D eigenvalue weighted by Crippen LogP contribution is 2.26. The number of aryl methyl sites for hydroxylation is 2. The predicted molar refractivity (Wildman–Crippen MR) is 106 cm³/mol. The van der Waals surface area contributed by atoms with Gasteiger partial charge < -0.3 is 0 Å². The third-order valence-corrected chi connectivity index (χ3v) is 5.26. The lowest BCUT2D eigenvalue weighted by molar-refractivity contribution is -0.749. The molecule has 0 spiro atoms. The van der Waals surface area contributed by atoms with Gasteiger partial charge in [0.1, 0.15) is 12.6 Å². The highest BCUT2D eigenvalue weighted by molar-refractivity contribution is 5.80. The Balaban J connectivity index is 1.83. The molecule has 0 saturated heterocycles. The van der Waals surface area contributed by atoms with Crippen molar-refractivity contribution in [1.29, 1.82) is 0 Å². The molecule has 0 saturated carbocycles. The Bertz CT molecular complexity index is 1300. The molecular formula is C22H20N5+. The summed E-state index contributed by atoms with van der Waals surface area (Å²) in [4.78, 5) is 9.17. The topological polar surface area (TPSA) is 39.0 Å². The van der Waals surface area contributed by atoms with E-state index in [2.05, 4.69) is 82.1 Å². The molecule has 3 aromatic heterocycles. The zero-order chi connectivity index (χ0) is 18.5. The molecule has 0 aliphatic carbocycles. The molecule has 5 aromatic rings. The van der Waals surface area contributed by atoms with Crippen molar-refractivity contribution in [2.24, 2.45) is 7.05 Å². The Morgan fingerprint density at radius 3 is 2.59 bits per heavy atom. The van der Waals surface area contributed by atoms with Crippen LogP contribution in [0.15, 0.2) is 67.0 Å². The molecule has 5 nitrogen and oxygen atoms in total. The molecule has 0 amide bonds. The normalized spacial score (nSPS) is 11.5. The van der Waals surface area contributed by atoms with E-state index in [4.69, 9.17) is 4.98 Å². The molecule has 0 aliphatic heterocycles. The fourth-order valence-corrected chi connectivity index (χ4v) is 3.72. The van der Waals surface area contributed by atoms with Gasteiger partial charge in [-0.05, 0) is 42.3 Å². The molecule has 5 heteroatoms. The minimum Gasteiger partial charge on any atom is -0.264 e. The first-order valence-electron chi connectivity index (χ1n) is 9.01. The number of hydrogen-bond donors (Lipinski definition) is 0. The molecule has 0 radical (unpaired) electrons. The highest BCUT2D eigenvalue weighted by atomic mass is 15.5. The van der Waals surface area contributed by atoms with Gasteiger partial charge in [-0.3, -0.25) is 4.98 Å². The lowest BCUT2D eigenvalue weighted by Crippen LogP contribution is -2.40. The average Bonchev–Trinajstić information content (AvgIpc) is 3.18. The van der Waals surface area contributed by atoms with Crippen LogP contribution in [-0.2, 0) is 7.05 Å². The Morgan fingerprint density at radius 1 is 0.926 bits per heavy atom. The minimum absolute atomic E-state index is 0.919. The average molecular weight is 354 g/mol. The standard InChI is InChI=1S/C22H20N5/c1-15-10-11-17(18-7-6-12-23-14-18)13-21(15)27-22-24-19-8-4-5-9-20(19)26(22)16(2)25(27)3/h4-14H,1-3H3/q+1. The molecule has 2 aromatic carbocycles. The van der Waals surface area contributed by atoms with Gasteiger partial charge in [0.25, 0.3) is 5.82 Å². The maximum Gasteiger partial charge on any atom is 0.344 e. The Hall–Kier alpha value is -3.47. The molecule has 3 heterocycles. The third-order valence-electron chi connectivity index (χ3n) is 5.26. The second-order valence-corrected chi connectivity index (χ2v) is 6.86. The summed E-state index contributed by atoms with van der Waals surface area (Å²) in [6, 6.07) is 18.8. The van der Waals surface area contributed by atoms with Gasteiger partial charge in [-0.25, -0.2) is 0 Å². The summed E-state index contributed by atoms with van der Waals surface area (Å²) in [6.07, 6.45) is 3.70. The van der Waals surface area contributed by atoms with E-state index in [1.54, 1.807) is 6.20 Å². The van der Waals surface area contributed by atoms with E-state index in [1.807, 2.05) is 18.3 Å². The van der Waals surface area contributed by atoms with Crippen LogP contribution in [0, 0.1) is 13.8 Å². The summed E-state index contributed by atoms with van der Waals surface area (Å²) < 4.78 is 6.56. The monoisotopic (exact) mass is 354 g/mol. The quantitative estimate of drug-likeness (QED) is 0.453. The molecule has 27 heavy (non-hydrogen) atoms. The van der Waals surface area contributed by atoms with Gasteiger partial charge in [0.2, 0.25) is 0 Å². The van der Waals surface area contributed by atoms with Gasteiger partial charge >= 0.3 is 5.78 Å². The fraction of sp³-hybridized carbons (Fsp3) is 0.136. The summed E-state index contributed by atoms with van der Waals surface area (Å²) in [7, 11) is 2.08. The number of aromatic nitrogens is 5. The smallest absolute Gasteiger partial charge is 0.264 e. The zero-order valence-electron chi connectivity index (χ0n) is 15.6. The first-order valence-corrected chi connectivity index (χ1v) is 9.01. The maximum absolute atomic E-state index is 4.91. The molecule has 0 atom stereocenters. The van der Waals surface area contributed by atoms with E-state index >= 15 is 0 Å². The lowest BCUT2D eigenvalue weighted by atomic mass is 10.0. The largest absolute Gasteiger partial charge is 0.344 e. The van der Waals surface area contributed by atoms with E-state index in [9.17, 15) is 0 Å². The SMILES string of the molecule is Cc1ccc(-c2cccnc2)cc1-n1c2nc3ccccc3n2c(C)[n+]1C. The van der Waals surface area contributed by atoms with Crippen molar-refractivity contribution in [3.05, 3.63) is 78.4 Å². The van der Waals surface area contributed by atoms with Crippen molar-refractivity contribution >= 4 is 16.8 Å². The van der Waals surface area contributed by atoms with E-state index in [0.29, 0.717) is 0 Å². The Kier molecular flexibility index (Phi) is 3.37. The number of para-hydroxylation sites is 2. The number of hydrogen-bond acceptors (Lipinski definition) is 2. The first kappa shape index (κ1) is 15.8. The Labute approximate surface area is 157 Å². The molecule has 5 rings (SSSR count). The van der Waals surface area contributed by atoms with Gasteiger partial charge in [-0.2, -0.15) is 14.1 Å². The van der Waals surface area contributed by atoms with Crippen LogP contribution in [0.25, 0.3) is 33.6 Å². The third kappa shape index (κ3) is 2.28. The lowest BCUT2D eigenvalue weighted by Gasteiger charge is -2.09. The molecule has 0 bridgehead atoms. The highest BCUT2D eigenvalue weighted by Gasteiger charge is 2.25. The van der Waals surface area contributed by atoms with Gasteiger partial charge in [0.15, 0.2) is 5.52 Å². The molecular weight excluding hydrogens is 334 g/mol. The Morgan fingerprint density at radius 2 is 1.78 bits per heavy atom. The molecule has 0 unspecified atom stereocenters. The number of fused-ring (bicyclic) bond motifs is 3. The van der Waals surface area contributed by atoms with Gasteiger partial charge in [0.05, 0.1) is 5.69 Å². The van der Waals surface area contributed by atoms with Gasteiger partial charge in [-0.15, -0.1) is 4.68 Å². The van der Waals surface area contributed by atoms with Gasteiger partial charge in [0, 0.05) is 24.9 Å². The van der Waals surface area contributed by atoms with Crippen LogP contribution in [0.1, 0.15) is 11.4 Å². The number of imidazole rings is 1. The van der Waals surface area contributed by atoms with Crippen LogP contribution in [0.4, 0.5) is 0 Å². The number of rotatable bonds is 2. The second kappa shape index (κ2) is 5.77. The summed E-state index contributed by atoms with van der Waals surface area (Å²) >= 11 is 0. The van der Waals surface area contributed by atoms with Crippen molar-refractivity contribution in [1.82, 2.24) is 19.1 Å². The van der Waals surface area contributed by atoms with E-state index in [0.717, 1.165) is 39.4 Å². The van der Waals surface area contributed by atoms with Crippen LogP contribution in [0.3, 0.4) is 0 Å². The molecule has 0 aliphatic rings. The maximum atomic E-state index is 4.91. The summed E-state index contributed by atoms with van der Waals surface area (Å²) in [6.45, 7) is 4.26. The van der Waals surface area contributed by atoms with Crippen molar-refractivity contribution < 1.29 is 4.68 Å². The van der Waals surface area contributed by atoms with Crippen molar-refractivity contribution in [3.8, 4) is 16.8 Å². The van der Waals surface area contributed by atoms with E-state index < -0.39 is 0 Å². The van der Waals surface area contributed by atoms with Crippen LogP contribution in [-0.4, -0.2) is 19.1 Å². The van der Waals surface area contributed by atoms with Gasteiger partial charge in [-0.1, -0.05) is 30.3 Å². The van der Waals surface area contributed by atoms with Crippen molar-refractivity contribution in [2.75, 3.05) is 0 Å². The van der Waals surface area contributed by atoms with Crippen molar-refractivity contribution in [2.45, 2.75) is 13.8 Å². The molecule has 0 fully saturated rings.